The fourth-order valence-corrected chi connectivity index (χ4v) is 3.80. The van der Waals surface area contributed by atoms with Crippen molar-refractivity contribution in [2.45, 2.75) is 31.9 Å². The van der Waals surface area contributed by atoms with Gasteiger partial charge in [-0.1, -0.05) is 24.3 Å². The number of para-hydroxylation sites is 1. The summed E-state index contributed by atoms with van der Waals surface area (Å²) in [4.78, 5) is 18.0. The van der Waals surface area contributed by atoms with Crippen molar-refractivity contribution in [3.05, 3.63) is 83.2 Å². The largest absolute Gasteiger partial charge is 0.416 e. The number of anilines is 1. The van der Waals surface area contributed by atoms with Crippen LogP contribution in [0.15, 0.2) is 60.7 Å². The third-order valence-corrected chi connectivity index (χ3v) is 5.52. The van der Waals surface area contributed by atoms with Gasteiger partial charge in [0.1, 0.15) is 0 Å². The number of benzene rings is 2. The maximum Gasteiger partial charge on any atom is 0.416 e. The van der Waals surface area contributed by atoms with Crippen molar-refractivity contribution >= 4 is 22.6 Å². The lowest BCUT2D eigenvalue weighted by Gasteiger charge is -2.11. The van der Waals surface area contributed by atoms with E-state index in [0.717, 1.165) is 36.4 Å². The van der Waals surface area contributed by atoms with Crippen LogP contribution < -0.4 is 5.32 Å². The van der Waals surface area contributed by atoms with E-state index < -0.39 is 17.6 Å². The lowest BCUT2D eigenvalue weighted by molar-refractivity contribution is -0.137. The van der Waals surface area contributed by atoms with Crippen molar-refractivity contribution in [2.75, 3.05) is 5.32 Å². The minimum Gasteiger partial charge on any atom is -0.322 e. The number of nitrogens with one attached hydrogen (secondary N) is 1. The molecule has 0 radical (unpaired) electrons. The predicted octanol–water partition coefficient (Wildman–Crippen LogP) is 5.88. The number of nitrogens with zero attached hydrogens (tertiary/aromatic N) is 3. The Kier molecular flexibility index (Phi) is 4.73. The first-order valence-corrected chi connectivity index (χ1v) is 10.3. The van der Waals surface area contributed by atoms with Crippen LogP contribution in [0.3, 0.4) is 0 Å². The molecule has 1 aliphatic carbocycles. The van der Waals surface area contributed by atoms with Gasteiger partial charge in [0, 0.05) is 17.3 Å². The van der Waals surface area contributed by atoms with Gasteiger partial charge in [-0.25, -0.2) is 9.67 Å². The number of rotatable bonds is 4. The molecule has 0 atom stereocenters. The van der Waals surface area contributed by atoms with Gasteiger partial charge < -0.3 is 5.32 Å². The highest BCUT2D eigenvalue weighted by Gasteiger charge is 2.31. The molecule has 32 heavy (non-hydrogen) atoms. The van der Waals surface area contributed by atoms with E-state index in [1.54, 1.807) is 17.7 Å². The lowest BCUT2D eigenvalue weighted by Crippen LogP contribution is -2.14. The number of halogens is 3. The fraction of sp³-hybridized carbons (Fsp3) is 0.208. The van der Waals surface area contributed by atoms with Crippen LogP contribution in [-0.4, -0.2) is 20.7 Å². The minimum absolute atomic E-state index is 0.0795. The van der Waals surface area contributed by atoms with Crippen LogP contribution in [-0.2, 0) is 6.18 Å². The van der Waals surface area contributed by atoms with Gasteiger partial charge in [-0.15, -0.1) is 0 Å². The van der Waals surface area contributed by atoms with Crippen molar-refractivity contribution in [3.63, 3.8) is 0 Å². The third-order valence-electron chi connectivity index (χ3n) is 5.52. The van der Waals surface area contributed by atoms with Crippen molar-refractivity contribution in [1.82, 2.24) is 14.8 Å². The Hall–Kier alpha value is -3.68. The first-order valence-electron chi connectivity index (χ1n) is 10.3. The number of aryl methyl sites for hydroxylation is 1. The highest BCUT2D eigenvalue weighted by atomic mass is 19.4. The Balaban J connectivity index is 1.61. The van der Waals surface area contributed by atoms with Crippen LogP contribution in [0.5, 0.6) is 0 Å². The van der Waals surface area contributed by atoms with Gasteiger partial charge in [0.25, 0.3) is 5.91 Å². The molecule has 1 amide bonds. The lowest BCUT2D eigenvalue weighted by atomic mass is 10.1. The van der Waals surface area contributed by atoms with E-state index in [0.29, 0.717) is 22.3 Å². The summed E-state index contributed by atoms with van der Waals surface area (Å²) >= 11 is 0. The van der Waals surface area contributed by atoms with Gasteiger partial charge in [0.2, 0.25) is 0 Å². The molecule has 1 aliphatic rings. The van der Waals surface area contributed by atoms with E-state index in [1.807, 2.05) is 30.3 Å². The van der Waals surface area contributed by atoms with E-state index in [4.69, 9.17) is 4.98 Å². The van der Waals surface area contributed by atoms with Gasteiger partial charge in [-0.05, 0) is 56.2 Å². The van der Waals surface area contributed by atoms with E-state index in [2.05, 4.69) is 10.4 Å². The number of hydrogen-bond acceptors (Lipinski definition) is 3. The van der Waals surface area contributed by atoms with Gasteiger partial charge >= 0.3 is 6.18 Å². The number of hydrogen-bond donors (Lipinski definition) is 1. The molecule has 1 fully saturated rings. The van der Waals surface area contributed by atoms with Gasteiger partial charge in [0.15, 0.2) is 5.65 Å². The third kappa shape index (κ3) is 3.72. The molecule has 1 N–H and O–H groups in total. The molecule has 0 bridgehead atoms. The predicted molar refractivity (Wildman–Crippen MR) is 115 cm³/mol. The topological polar surface area (TPSA) is 59.8 Å². The van der Waals surface area contributed by atoms with Gasteiger partial charge in [0.05, 0.1) is 27.9 Å². The van der Waals surface area contributed by atoms with Crippen LogP contribution in [0, 0.1) is 6.92 Å². The molecular formula is C24H19F3N4O. The zero-order chi connectivity index (χ0) is 22.5. The molecule has 0 saturated heterocycles. The zero-order valence-corrected chi connectivity index (χ0v) is 17.1. The van der Waals surface area contributed by atoms with Gasteiger partial charge in [-0.2, -0.15) is 18.3 Å². The number of fused-ring (bicyclic) bond motifs is 1. The normalized spacial score (nSPS) is 14.0. The molecule has 5 nitrogen and oxygen atoms in total. The molecule has 4 aromatic rings. The summed E-state index contributed by atoms with van der Waals surface area (Å²) in [5.74, 6) is -0.215. The Morgan fingerprint density at radius 2 is 1.81 bits per heavy atom. The molecule has 0 aliphatic heterocycles. The van der Waals surface area contributed by atoms with E-state index in [-0.39, 0.29) is 11.6 Å². The highest BCUT2D eigenvalue weighted by molar-refractivity contribution is 6.12. The Morgan fingerprint density at radius 1 is 1.06 bits per heavy atom. The number of carbonyl (C=O) groups is 1. The van der Waals surface area contributed by atoms with Crippen molar-refractivity contribution < 1.29 is 18.0 Å². The molecule has 1 saturated carbocycles. The molecular weight excluding hydrogens is 417 g/mol. The Bertz CT molecular complexity index is 1320. The SMILES string of the molecule is Cc1nn(-c2ccccc2)c2nc(C3CC3)cc(C(=O)Nc3cccc(C(F)(F)F)c3)c12. The number of pyridine rings is 1. The summed E-state index contributed by atoms with van der Waals surface area (Å²) < 4.78 is 40.9. The number of amides is 1. The fourth-order valence-electron chi connectivity index (χ4n) is 3.80. The Labute approximate surface area is 181 Å². The number of carbonyl (C=O) groups excluding carboxylic acids is 1. The average Bonchev–Trinajstić information content (AvgIpc) is 3.57. The standard InChI is InChI=1S/C24H19F3N4O/c1-14-21-19(23(32)28-17-7-5-6-16(12-17)24(25,26)27)13-20(15-10-11-15)29-22(21)31(30-14)18-8-3-2-4-9-18/h2-9,12-13,15H,10-11H2,1H3,(H,28,32). The molecule has 8 heteroatoms. The molecule has 0 spiro atoms. The first-order chi connectivity index (χ1) is 15.3. The first kappa shape index (κ1) is 20.2. The van der Waals surface area contributed by atoms with E-state index in [9.17, 15) is 18.0 Å². The molecule has 2 heterocycles. The average molecular weight is 436 g/mol. The summed E-state index contributed by atoms with van der Waals surface area (Å²) in [6.07, 6.45) is -2.51. The molecule has 0 unspecified atom stereocenters. The smallest absolute Gasteiger partial charge is 0.322 e. The summed E-state index contributed by atoms with van der Waals surface area (Å²) in [6, 6.07) is 15.8. The van der Waals surface area contributed by atoms with Crippen LogP contribution in [0.25, 0.3) is 16.7 Å². The van der Waals surface area contributed by atoms with Crippen molar-refractivity contribution in [2.24, 2.45) is 0 Å². The van der Waals surface area contributed by atoms with Crippen LogP contribution >= 0.6 is 0 Å². The van der Waals surface area contributed by atoms with Crippen molar-refractivity contribution in [1.29, 1.82) is 0 Å². The summed E-state index contributed by atoms with van der Waals surface area (Å²) in [6.45, 7) is 1.79. The monoisotopic (exact) mass is 436 g/mol. The van der Waals surface area contributed by atoms with Gasteiger partial charge in [-0.3, -0.25) is 4.79 Å². The summed E-state index contributed by atoms with van der Waals surface area (Å²) in [5.41, 5.74) is 2.41. The van der Waals surface area contributed by atoms with E-state index in [1.165, 1.54) is 12.1 Å². The molecule has 162 valence electrons. The number of alkyl halides is 3. The second-order valence-electron chi connectivity index (χ2n) is 7.93. The second-order valence-corrected chi connectivity index (χ2v) is 7.93. The van der Waals surface area contributed by atoms with Crippen molar-refractivity contribution in [3.8, 4) is 5.69 Å². The zero-order valence-electron chi connectivity index (χ0n) is 17.1. The molecule has 5 rings (SSSR count). The van der Waals surface area contributed by atoms with Crippen LogP contribution in [0.2, 0.25) is 0 Å². The summed E-state index contributed by atoms with van der Waals surface area (Å²) in [5, 5.41) is 7.81. The maximum absolute atomic E-state index is 13.2. The molecule has 2 aromatic heterocycles. The van der Waals surface area contributed by atoms with Crippen LogP contribution in [0.1, 0.15) is 46.1 Å². The Morgan fingerprint density at radius 3 is 2.50 bits per heavy atom. The maximum atomic E-state index is 13.2. The van der Waals surface area contributed by atoms with Crippen LogP contribution in [0.4, 0.5) is 18.9 Å². The highest BCUT2D eigenvalue weighted by Crippen LogP contribution is 2.41. The van der Waals surface area contributed by atoms with E-state index >= 15 is 0 Å². The summed E-state index contributed by atoms with van der Waals surface area (Å²) in [7, 11) is 0. The second kappa shape index (κ2) is 7.47. The number of aromatic nitrogens is 3. The minimum atomic E-state index is -4.49. The molecule has 2 aromatic carbocycles. The quantitative estimate of drug-likeness (QED) is 0.435.